The van der Waals surface area contributed by atoms with E-state index in [4.69, 9.17) is 9.47 Å². The van der Waals surface area contributed by atoms with Gasteiger partial charge in [0.05, 0.1) is 0 Å². The van der Waals surface area contributed by atoms with Gasteiger partial charge in [0, 0.05) is 25.6 Å². The van der Waals surface area contributed by atoms with Crippen LogP contribution in [-0.2, 0) is 9.47 Å². The summed E-state index contributed by atoms with van der Waals surface area (Å²) in [6, 6.07) is 0. The molecule has 218 valence electrons. The van der Waals surface area contributed by atoms with Crippen LogP contribution in [0.1, 0.15) is 195 Å². The van der Waals surface area contributed by atoms with Crippen LogP contribution < -0.4 is 0 Å². The van der Waals surface area contributed by atoms with Crippen LogP contribution in [0.4, 0.5) is 0 Å². The molecule has 0 radical (unpaired) electrons. The lowest BCUT2D eigenvalue weighted by Crippen LogP contribution is -2.44. The Labute approximate surface area is 229 Å². The van der Waals surface area contributed by atoms with Crippen LogP contribution in [0.25, 0.3) is 0 Å². The maximum absolute atomic E-state index is 6.59. The average Bonchev–Trinajstić information content (AvgIpc) is 2.88. The third-order valence-electron chi connectivity index (χ3n) is 8.09. The zero-order valence-corrected chi connectivity index (χ0v) is 26.0. The van der Waals surface area contributed by atoms with E-state index in [0.29, 0.717) is 5.92 Å². The molecule has 0 amide bonds. The van der Waals surface area contributed by atoms with Gasteiger partial charge in [-0.25, -0.2) is 0 Å². The van der Waals surface area contributed by atoms with Crippen LogP contribution in [0.2, 0.25) is 0 Å². The van der Waals surface area contributed by atoms with Crippen molar-refractivity contribution in [2.45, 2.75) is 201 Å². The Balaban J connectivity index is 4.87. The molecular weight excluding hydrogens is 440 g/mol. The molecule has 2 heteroatoms. The molecular formula is C34H70O2. The summed E-state index contributed by atoms with van der Waals surface area (Å²) in [5, 5.41) is 0. The molecule has 0 fully saturated rings. The molecule has 0 aromatic rings. The molecule has 0 aliphatic carbocycles. The minimum Gasteiger partial charge on any atom is -0.350 e. The van der Waals surface area contributed by atoms with Crippen molar-refractivity contribution in [3.05, 3.63) is 0 Å². The van der Waals surface area contributed by atoms with Crippen molar-refractivity contribution >= 4 is 0 Å². The van der Waals surface area contributed by atoms with Gasteiger partial charge in [-0.15, -0.1) is 0 Å². The van der Waals surface area contributed by atoms with Gasteiger partial charge >= 0.3 is 0 Å². The van der Waals surface area contributed by atoms with E-state index in [-0.39, 0.29) is 5.79 Å². The van der Waals surface area contributed by atoms with Crippen LogP contribution in [0.5, 0.6) is 0 Å². The fourth-order valence-corrected chi connectivity index (χ4v) is 5.90. The fraction of sp³-hybridized carbons (Fsp3) is 1.00. The van der Waals surface area contributed by atoms with Gasteiger partial charge in [-0.2, -0.15) is 0 Å². The maximum Gasteiger partial charge on any atom is 0.171 e. The second kappa shape index (κ2) is 27.9. The molecule has 2 nitrogen and oxygen atoms in total. The summed E-state index contributed by atoms with van der Waals surface area (Å²) >= 11 is 0. The first-order chi connectivity index (χ1) is 17.7. The molecule has 0 saturated heterocycles. The summed E-state index contributed by atoms with van der Waals surface area (Å²) in [7, 11) is 0. The predicted octanol–water partition coefficient (Wildman–Crippen LogP) is 12.2. The number of hydrogen-bond donors (Lipinski definition) is 0. The molecule has 36 heavy (non-hydrogen) atoms. The van der Waals surface area contributed by atoms with E-state index in [2.05, 4.69) is 34.6 Å². The van der Waals surface area contributed by atoms with Crippen LogP contribution in [0.3, 0.4) is 0 Å². The van der Waals surface area contributed by atoms with E-state index in [1.165, 1.54) is 154 Å². The fourth-order valence-electron chi connectivity index (χ4n) is 5.90. The lowest BCUT2D eigenvalue weighted by molar-refractivity contribution is -0.270. The predicted molar refractivity (Wildman–Crippen MR) is 162 cm³/mol. The van der Waals surface area contributed by atoms with Gasteiger partial charge in [0.25, 0.3) is 0 Å². The number of rotatable bonds is 30. The van der Waals surface area contributed by atoms with E-state index >= 15 is 0 Å². The maximum atomic E-state index is 6.59. The van der Waals surface area contributed by atoms with Crippen molar-refractivity contribution < 1.29 is 9.47 Å². The van der Waals surface area contributed by atoms with Gasteiger partial charge in [-0.3, -0.25) is 0 Å². The highest BCUT2D eigenvalue weighted by Gasteiger charge is 2.39. The third kappa shape index (κ3) is 20.0. The van der Waals surface area contributed by atoms with Crippen molar-refractivity contribution in [1.82, 2.24) is 0 Å². The monoisotopic (exact) mass is 511 g/mol. The van der Waals surface area contributed by atoms with Gasteiger partial charge in [-0.05, 0) is 33.1 Å². The minimum atomic E-state index is -0.351. The molecule has 0 bridgehead atoms. The number of ether oxygens (including phenoxy) is 2. The Hall–Kier alpha value is -0.0800. The van der Waals surface area contributed by atoms with Crippen LogP contribution in [0, 0.1) is 5.92 Å². The van der Waals surface area contributed by atoms with E-state index in [1.807, 2.05) is 0 Å². The molecule has 0 saturated carbocycles. The lowest BCUT2D eigenvalue weighted by atomic mass is 9.83. The Morgan fingerprint density at radius 2 is 0.694 bits per heavy atom. The quantitative estimate of drug-likeness (QED) is 0.0706. The molecule has 0 rings (SSSR count). The standard InChI is InChI=1S/C34H70O2/c1-6-11-14-17-20-22-25-28-31-33(30-27-24-19-16-13-8-3)34(35-9-4,36-10-5)32-29-26-23-21-18-15-12-7-2/h33H,6-32H2,1-5H3. The van der Waals surface area contributed by atoms with Gasteiger partial charge in [0.15, 0.2) is 5.79 Å². The van der Waals surface area contributed by atoms with Gasteiger partial charge < -0.3 is 9.47 Å². The highest BCUT2D eigenvalue weighted by atomic mass is 16.7. The zero-order chi connectivity index (χ0) is 26.6. The lowest BCUT2D eigenvalue weighted by Gasteiger charge is -2.41. The van der Waals surface area contributed by atoms with Gasteiger partial charge in [-0.1, -0.05) is 156 Å². The number of hydrogen-bond acceptors (Lipinski definition) is 2. The van der Waals surface area contributed by atoms with Gasteiger partial charge in [0.1, 0.15) is 0 Å². The highest BCUT2D eigenvalue weighted by Crippen LogP contribution is 2.37. The van der Waals surface area contributed by atoms with Crippen molar-refractivity contribution in [2.75, 3.05) is 13.2 Å². The van der Waals surface area contributed by atoms with E-state index in [1.54, 1.807) is 0 Å². The van der Waals surface area contributed by atoms with E-state index in [9.17, 15) is 0 Å². The molecule has 1 unspecified atom stereocenters. The smallest absolute Gasteiger partial charge is 0.171 e. The topological polar surface area (TPSA) is 18.5 Å². The molecule has 0 spiro atoms. The Kier molecular flexibility index (Phi) is 27.9. The third-order valence-corrected chi connectivity index (χ3v) is 8.09. The molecule has 1 atom stereocenters. The normalized spacial score (nSPS) is 12.9. The van der Waals surface area contributed by atoms with E-state index in [0.717, 1.165) is 19.6 Å². The van der Waals surface area contributed by atoms with Crippen LogP contribution in [0.15, 0.2) is 0 Å². The SMILES string of the molecule is CCCCCCCCCCC(CCCCCCCC)C(CCCCCCCCCC)(OCC)OCC. The summed E-state index contributed by atoms with van der Waals surface area (Å²) in [5.74, 6) is 0.198. The summed E-state index contributed by atoms with van der Waals surface area (Å²) in [5.41, 5.74) is 0. The second-order valence-corrected chi connectivity index (χ2v) is 11.4. The minimum absolute atomic E-state index is 0.351. The first-order valence-corrected chi connectivity index (χ1v) is 17.0. The molecule has 0 aromatic carbocycles. The Morgan fingerprint density at radius 1 is 0.389 bits per heavy atom. The Bertz CT molecular complexity index is 402. The molecule has 0 N–H and O–H groups in total. The van der Waals surface area contributed by atoms with Gasteiger partial charge in [0.2, 0.25) is 0 Å². The largest absolute Gasteiger partial charge is 0.350 e. The molecule has 0 aromatic heterocycles. The summed E-state index contributed by atoms with van der Waals surface area (Å²) in [4.78, 5) is 0. The first kappa shape index (κ1) is 35.9. The molecule has 0 aliphatic heterocycles. The summed E-state index contributed by atoms with van der Waals surface area (Å²) in [6.45, 7) is 12.8. The highest BCUT2D eigenvalue weighted by molar-refractivity contribution is 4.81. The molecule has 0 aliphatic rings. The summed E-state index contributed by atoms with van der Waals surface area (Å²) < 4.78 is 13.2. The number of unbranched alkanes of at least 4 members (excludes halogenated alkanes) is 19. The summed E-state index contributed by atoms with van der Waals surface area (Å²) in [6.07, 6.45) is 33.9. The van der Waals surface area contributed by atoms with Crippen molar-refractivity contribution in [3.8, 4) is 0 Å². The second-order valence-electron chi connectivity index (χ2n) is 11.4. The van der Waals surface area contributed by atoms with Crippen molar-refractivity contribution in [2.24, 2.45) is 5.92 Å². The Morgan fingerprint density at radius 3 is 1.03 bits per heavy atom. The van der Waals surface area contributed by atoms with Crippen molar-refractivity contribution in [3.63, 3.8) is 0 Å². The van der Waals surface area contributed by atoms with Crippen LogP contribution in [-0.4, -0.2) is 19.0 Å². The average molecular weight is 511 g/mol. The zero-order valence-electron chi connectivity index (χ0n) is 26.0. The molecule has 0 heterocycles. The van der Waals surface area contributed by atoms with Crippen LogP contribution >= 0.6 is 0 Å². The van der Waals surface area contributed by atoms with Crippen molar-refractivity contribution in [1.29, 1.82) is 0 Å². The van der Waals surface area contributed by atoms with E-state index < -0.39 is 0 Å². The first-order valence-electron chi connectivity index (χ1n) is 17.0.